The van der Waals surface area contributed by atoms with Gasteiger partial charge < -0.3 is 20.7 Å². The number of hydrogen-bond acceptors (Lipinski definition) is 4. The van der Waals surface area contributed by atoms with Crippen LogP contribution in [0, 0.1) is 0 Å². The van der Waals surface area contributed by atoms with Crippen molar-refractivity contribution < 1.29 is 9.53 Å². The lowest BCUT2D eigenvalue weighted by molar-refractivity contribution is 0.149. The van der Waals surface area contributed by atoms with E-state index in [0.29, 0.717) is 13.2 Å². The summed E-state index contributed by atoms with van der Waals surface area (Å²) in [7, 11) is 0. The lowest BCUT2D eigenvalue weighted by Crippen LogP contribution is -2.50. The van der Waals surface area contributed by atoms with Gasteiger partial charge in [-0.25, -0.2) is 4.79 Å². The Morgan fingerprint density at radius 3 is 2.48 bits per heavy atom. The van der Waals surface area contributed by atoms with Crippen molar-refractivity contribution in [3.63, 3.8) is 0 Å². The highest BCUT2D eigenvalue weighted by atomic mass is 16.5. The van der Waals surface area contributed by atoms with Gasteiger partial charge in [-0.3, -0.25) is 4.90 Å². The minimum Gasteiger partial charge on any atom is -0.494 e. The number of nitrogens with one attached hydrogen (secondary N) is 1. The maximum atomic E-state index is 12.2. The Labute approximate surface area is 125 Å². The van der Waals surface area contributed by atoms with Gasteiger partial charge in [0.05, 0.1) is 6.61 Å². The van der Waals surface area contributed by atoms with Crippen molar-refractivity contribution in [1.82, 2.24) is 9.80 Å². The zero-order valence-electron chi connectivity index (χ0n) is 12.5. The number of ether oxygens (including phenoxy) is 1. The van der Waals surface area contributed by atoms with Crippen LogP contribution in [0.5, 0.6) is 5.75 Å². The molecule has 1 saturated heterocycles. The van der Waals surface area contributed by atoms with Gasteiger partial charge in [-0.15, -0.1) is 0 Å². The largest absolute Gasteiger partial charge is 0.494 e. The summed E-state index contributed by atoms with van der Waals surface area (Å²) in [5.41, 5.74) is 6.33. The van der Waals surface area contributed by atoms with E-state index in [1.165, 1.54) is 0 Å². The first-order valence-electron chi connectivity index (χ1n) is 7.44. The number of amides is 2. The second-order valence-corrected chi connectivity index (χ2v) is 5.00. The summed E-state index contributed by atoms with van der Waals surface area (Å²) in [6.07, 6.45) is 0. The van der Waals surface area contributed by atoms with Gasteiger partial charge in [-0.2, -0.15) is 0 Å². The van der Waals surface area contributed by atoms with Crippen LogP contribution in [0.1, 0.15) is 6.92 Å². The molecule has 0 aromatic heterocycles. The Bertz CT molecular complexity index is 441. The van der Waals surface area contributed by atoms with Crippen LogP contribution in [0.4, 0.5) is 10.5 Å². The molecule has 0 bridgehead atoms. The van der Waals surface area contributed by atoms with E-state index in [-0.39, 0.29) is 6.03 Å². The molecule has 0 saturated carbocycles. The van der Waals surface area contributed by atoms with Gasteiger partial charge in [0.2, 0.25) is 0 Å². The van der Waals surface area contributed by atoms with Crippen LogP contribution in [-0.2, 0) is 0 Å². The quantitative estimate of drug-likeness (QED) is 0.855. The zero-order valence-corrected chi connectivity index (χ0v) is 12.5. The Morgan fingerprint density at radius 1 is 1.24 bits per heavy atom. The molecule has 1 aliphatic rings. The molecular formula is C15H24N4O2. The molecule has 0 radical (unpaired) electrons. The van der Waals surface area contributed by atoms with Crippen LogP contribution in [0.15, 0.2) is 24.3 Å². The number of hydrogen-bond donors (Lipinski definition) is 2. The fourth-order valence-electron chi connectivity index (χ4n) is 2.36. The Morgan fingerprint density at radius 2 is 1.90 bits per heavy atom. The minimum atomic E-state index is -0.0495. The van der Waals surface area contributed by atoms with Gasteiger partial charge in [-0.1, -0.05) is 0 Å². The number of nitrogens with zero attached hydrogens (tertiary/aromatic N) is 2. The topological polar surface area (TPSA) is 70.8 Å². The third-order valence-electron chi connectivity index (χ3n) is 3.52. The molecule has 3 N–H and O–H groups in total. The molecule has 1 aromatic rings. The van der Waals surface area contributed by atoms with E-state index in [2.05, 4.69) is 10.2 Å². The molecule has 0 atom stereocenters. The highest BCUT2D eigenvalue weighted by Crippen LogP contribution is 2.16. The van der Waals surface area contributed by atoms with Crippen molar-refractivity contribution in [2.75, 3.05) is 51.2 Å². The summed E-state index contributed by atoms with van der Waals surface area (Å²) in [4.78, 5) is 16.3. The number of piperazine rings is 1. The molecule has 0 spiro atoms. The lowest BCUT2D eigenvalue weighted by Gasteiger charge is -2.34. The summed E-state index contributed by atoms with van der Waals surface area (Å²) in [6.45, 7) is 7.39. The maximum absolute atomic E-state index is 12.2. The second-order valence-electron chi connectivity index (χ2n) is 5.00. The maximum Gasteiger partial charge on any atom is 0.321 e. The number of nitrogens with two attached hydrogens (primary N) is 1. The van der Waals surface area contributed by atoms with E-state index in [9.17, 15) is 4.79 Å². The van der Waals surface area contributed by atoms with Crippen molar-refractivity contribution >= 4 is 11.7 Å². The Kier molecular flexibility index (Phi) is 5.83. The first kappa shape index (κ1) is 15.6. The molecule has 1 fully saturated rings. The summed E-state index contributed by atoms with van der Waals surface area (Å²) in [5.74, 6) is 0.811. The first-order valence-corrected chi connectivity index (χ1v) is 7.44. The SMILES string of the molecule is CCOc1ccc(NC(=O)N2CCN(CCN)CC2)cc1. The summed E-state index contributed by atoms with van der Waals surface area (Å²) in [6, 6.07) is 7.38. The number of rotatable bonds is 5. The molecule has 21 heavy (non-hydrogen) atoms. The van der Waals surface area contributed by atoms with Crippen LogP contribution >= 0.6 is 0 Å². The van der Waals surface area contributed by atoms with Crippen molar-refractivity contribution in [2.45, 2.75) is 6.92 Å². The van der Waals surface area contributed by atoms with Crippen LogP contribution in [0.2, 0.25) is 0 Å². The molecule has 1 aliphatic heterocycles. The smallest absolute Gasteiger partial charge is 0.321 e. The van der Waals surface area contributed by atoms with E-state index in [0.717, 1.165) is 44.2 Å². The van der Waals surface area contributed by atoms with Gasteiger partial charge in [0.15, 0.2) is 0 Å². The molecule has 116 valence electrons. The Balaban J connectivity index is 1.81. The molecule has 1 heterocycles. The molecule has 2 rings (SSSR count). The van der Waals surface area contributed by atoms with E-state index < -0.39 is 0 Å². The number of urea groups is 1. The van der Waals surface area contributed by atoms with E-state index >= 15 is 0 Å². The third-order valence-corrected chi connectivity index (χ3v) is 3.52. The third kappa shape index (κ3) is 4.61. The number of carbonyl (C=O) groups is 1. The van der Waals surface area contributed by atoms with Crippen LogP contribution < -0.4 is 15.8 Å². The van der Waals surface area contributed by atoms with Crippen LogP contribution in [0.3, 0.4) is 0 Å². The molecule has 6 nitrogen and oxygen atoms in total. The van der Waals surface area contributed by atoms with E-state index in [1.54, 1.807) is 0 Å². The van der Waals surface area contributed by atoms with E-state index in [4.69, 9.17) is 10.5 Å². The molecule has 1 aromatic carbocycles. The van der Waals surface area contributed by atoms with Crippen molar-refractivity contribution in [3.05, 3.63) is 24.3 Å². The normalized spacial score (nSPS) is 15.8. The van der Waals surface area contributed by atoms with Gasteiger partial charge in [-0.05, 0) is 31.2 Å². The highest BCUT2D eigenvalue weighted by Gasteiger charge is 2.20. The van der Waals surface area contributed by atoms with Gasteiger partial charge in [0.1, 0.15) is 5.75 Å². The summed E-state index contributed by atoms with van der Waals surface area (Å²) < 4.78 is 5.38. The number of anilines is 1. The monoisotopic (exact) mass is 292 g/mol. The van der Waals surface area contributed by atoms with Crippen molar-refractivity contribution in [1.29, 1.82) is 0 Å². The minimum absolute atomic E-state index is 0.0495. The summed E-state index contributed by atoms with van der Waals surface area (Å²) >= 11 is 0. The molecule has 2 amide bonds. The molecule has 0 unspecified atom stereocenters. The molecular weight excluding hydrogens is 268 g/mol. The number of carbonyl (C=O) groups excluding carboxylic acids is 1. The average molecular weight is 292 g/mol. The van der Waals surface area contributed by atoms with Crippen LogP contribution in [0.25, 0.3) is 0 Å². The predicted octanol–water partition coefficient (Wildman–Crippen LogP) is 1.19. The van der Waals surface area contributed by atoms with E-state index in [1.807, 2.05) is 36.1 Å². The first-order chi connectivity index (χ1) is 10.2. The van der Waals surface area contributed by atoms with Crippen molar-refractivity contribution in [2.24, 2.45) is 5.73 Å². The van der Waals surface area contributed by atoms with Gasteiger partial charge in [0, 0.05) is 45.0 Å². The standard InChI is InChI=1S/C15H24N4O2/c1-2-21-14-5-3-13(4-6-14)17-15(20)19-11-9-18(8-7-16)10-12-19/h3-6H,2,7-12,16H2,1H3,(H,17,20). The predicted molar refractivity (Wildman–Crippen MR) is 83.7 cm³/mol. The second kappa shape index (κ2) is 7.85. The van der Waals surface area contributed by atoms with Crippen LogP contribution in [-0.4, -0.2) is 61.7 Å². The average Bonchev–Trinajstić information content (AvgIpc) is 2.50. The van der Waals surface area contributed by atoms with Gasteiger partial charge >= 0.3 is 6.03 Å². The molecule has 0 aliphatic carbocycles. The zero-order chi connectivity index (χ0) is 15.1. The highest BCUT2D eigenvalue weighted by molar-refractivity contribution is 5.89. The van der Waals surface area contributed by atoms with Crippen molar-refractivity contribution in [3.8, 4) is 5.75 Å². The fraction of sp³-hybridized carbons (Fsp3) is 0.533. The fourth-order valence-corrected chi connectivity index (χ4v) is 2.36. The lowest BCUT2D eigenvalue weighted by atomic mass is 10.3. The number of benzene rings is 1. The Hall–Kier alpha value is -1.79. The molecule has 6 heteroatoms. The summed E-state index contributed by atoms with van der Waals surface area (Å²) in [5, 5.41) is 2.92. The van der Waals surface area contributed by atoms with Gasteiger partial charge in [0.25, 0.3) is 0 Å².